The number of aryl methyl sites for hydroxylation is 1. The van der Waals surface area contributed by atoms with Gasteiger partial charge in [0.05, 0.1) is 5.41 Å². The van der Waals surface area contributed by atoms with E-state index in [0.29, 0.717) is 24.0 Å². The Morgan fingerprint density at radius 1 is 1.30 bits per heavy atom. The van der Waals surface area contributed by atoms with Crippen LogP contribution in [-0.2, 0) is 4.79 Å². The van der Waals surface area contributed by atoms with Crippen molar-refractivity contribution in [1.82, 2.24) is 9.88 Å². The van der Waals surface area contributed by atoms with Gasteiger partial charge in [0.15, 0.2) is 0 Å². The Morgan fingerprint density at radius 2 is 2.00 bits per heavy atom. The lowest BCUT2D eigenvalue weighted by molar-refractivity contribution is -0.147. The number of nitrogens with zero attached hydrogens (tertiary/aromatic N) is 1. The number of amides is 1. The number of likely N-dealkylation sites (tertiary alicyclic amines) is 1. The molecule has 2 N–H and O–H groups in total. The fraction of sp³-hybridized carbons (Fsp3) is 0.353. The molecule has 0 radical (unpaired) electrons. The van der Waals surface area contributed by atoms with Crippen LogP contribution in [0.25, 0.3) is 10.9 Å². The number of aromatic amines is 1. The largest absolute Gasteiger partial charge is 0.481 e. The number of H-pyrrole nitrogens is 1. The summed E-state index contributed by atoms with van der Waals surface area (Å²) in [4.78, 5) is 40.6. The molecule has 6 heteroatoms. The number of carboxylic acids is 1. The van der Waals surface area contributed by atoms with Gasteiger partial charge >= 0.3 is 5.97 Å². The predicted octanol–water partition coefficient (Wildman–Crippen LogP) is 1.77. The highest BCUT2D eigenvalue weighted by Gasteiger charge is 2.42. The van der Waals surface area contributed by atoms with Gasteiger partial charge in [0, 0.05) is 24.0 Å². The number of nitrogens with one attached hydrogen (secondary N) is 1. The van der Waals surface area contributed by atoms with E-state index in [-0.39, 0.29) is 12.1 Å². The van der Waals surface area contributed by atoms with E-state index in [4.69, 9.17) is 0 Å². The number of carboxylic acid groups (broad SMARTS) is 1. The summed E-state index contributed by atoms with van der Waals surface area (Å²) in [5, 5.41) is 10.1. The van der Waals surface area contributed by atoms with Crippen LogP contribution in [0.4, 0.5) is 0 Å². The van der Waals surface area contributed by atoms with Gasteiger partial charge in [-0.3, -0.25) is 14.4 Å². The maximum atomic E-state index is 12.8. The van der Waals surface area contributed by atoms with Gasteiger partial charge in [-0.25, -0.2) is 0 Å². The average Bonchev–Trinajstić information content (AvgIpc) is 2.91. The third-order valence-electron chi connectivity index (χ3n) is 4.67. The molecule has 2 aromatic rings. The normalized spacial score (nSPS) is 20.9. The Bertz CT molecular complexity index is 871. The molecular weight excluding hydrogens is 296 g/mol. The summed E-state index contributed by atoms with van der Waals surface area (Å²) < 4.78 is 0. The molecule has 23 heavy (non-hydrogen) atoms. The number of benzene rings is 1. The number of carbonyl (C=O) groups excluding carboxylic acids is 1. The first-order chi connectivity index (χ1) is 10.8. The molecule has 2 heterocycles. The Balaban J connectivity index is 2.03. The molecular formula is C17H18N2O4. The van der Waals surface area contributed by atoms with Crippen LogP contribution in [0.2, 0.25) is 0 Å². The van der Waals surface area contributed by atoms with Crippen LogP contribution in [0.1, 0.15) is 29.3 Å². The molecule has 1 aromatic heterocycles. The fourth-order valence-corrected chi connectivity index (χ4v) is 3.13. The summed E-state index contributed by atoms with van der Waals surface area (Å²) in [6.07, 6.45) is 0.388. The lowest BCUT2D eigenvalue weighted by Gasteiger charge is -2.20. The second-order valence-electron chi connectivity index (χ2n) is 6.34. The number of carbonyl (C=O) groups is 2. The van der Waals surface area contributed by atoms with Crippen molar-refractivity contribution >= 4 is 22.8 Å². The van der Waals surface area contributed by atoms with Gasteiger partial charge in [-0.1, -0.05) is 18.2 Å². The fourth-order valence-electron chi connectivity index (χ4n) is 3.13. The lowest BCUT2D eigenvalue weighted by Crippen LogP contribution is -2.37. The van der Waals surface area contributed by atoms with Crippen molar-refractivity contribution in [3.05, 3.63) is 45.7 Å². The highest BCUT2D eigenvalue weighted by molar-refractivity contribution is 6.00. The molecule has 3 rings (SSSR count). The quantitative estimate of drug-likeness (QED) is 0.884. The van der Waals surface area contributed by atoms with Crippen LogP contribution in [0, 0.1) is 12.3 Å². The molecule has 0 saturated carbocycles. The number of fused-ring (bicyclic) bond motifs is 1. The molecule has 1 aromatic carbocycles. The summed E-state index contributed by atoms with van der Waals surface area (Å²) in [5.74, 6) is -1.32. The number of pyridine rings is 1. The third kappa shape index (κ3) is 2.40. The van der Waals surface area contributed by atoms with Gasteiger partial charge in [-0.15, -0.1) is 0 Å². The van der Waals surface area contributed by atoms with Crippen LogP contribution in [-0.4, -0.2) is 40.0 Å². The smallest absolute Gasteiger partial charge is 0.311 e. The number of hydrogen-bond acceptors (Lipinski definition) is 3. The second kappa shape index (κ2) is 5.22. The molecule has 120 valence electrons. The second-order valence-corrected chi connectivity index (χ2v) is 6.34. The zero-order chi connectivity index (χ0) is 16.8. The van der Waals surface area contributed by atoms with Crippen LogP contribution < -0.4 is 5.56 Å². The minimum atomic E-state index is -0.951. The average molecular weight is 314 g/mol. The van der Waals surface area contributed by atoms with E-state index in [1.807, 2.05) is 18.2 Å². The summed E-state index contributed by atoms with van der Waals surface area (Å²) in [7, 11) is 0. The van der Waals surface area contributed by atoms with Crippen LogP contribution in [0.15, 0.2) is 29.1 Å². The highest BCUT2D eigenvalue weighted by Crippen LogP contribution is 2.31. The molecule has 0 spiro atoms. The number of aliphatic carboxylic acids is 1. The van der Waals surface area contributed by atoms with Gasteiger partial charge in [-0.05, 0) is 31.9 Å². The summed E-state index contributed by atoms with van der Waals surface area (Å²) in [6, 6.07) is 7.30. The number of para-hydroxylation sites is 1. The maximum Gasteiger partial charge on any atom is 0.311 e. The molecule has 0 bridgehead atoms. The van der Waals surface area contributed by atoms with Crippen LogP contribution >= 0.6 is 0 Å². The molecule has 1 amide bonds. The molecule has 0 aliphatic carbocycles. The molecule has 6 nitrogen and oxygen atoms in total. The summed E-state index contributed by atoms with van der Waals surface area (Å²) in [6.45, 7) is 3.83. The first-order valence-electron chi connectivity index (χ1n) is 7.48. The van der Waals surface area contributed by atoms with Gasteiger partial charge in [-0.2, -0.15) is 0 Å². The van der Waals surface area contributed by atoms with Crippen molar-refractivity contribution in [1.29, 1.82) is 0 Å². The van der Waals surface area contributed by atoms with Gasteiger partial charge in [0.1, 0.15) is 5.56 Å². The zero-order valence-electron chi connectivity index (χ0n) is 13.0. The molecule has 1 aliphatic heterocycles. The van der Waals surface area contributed by atoms with E-state index in [1.165, 1.54) is 4.90 Å². The molecule has 1 aliphatic rings. The van der Waals surface area contributed by atoms with E-state index in [2.05, 4.69) is 4.98 Å². The van der Waals surface area contributed by atoms with Crippen LogP contribution in [0.5, 0.6) is 0 Å². The first kappa shape index (κ1) is 15.3. The van der Waals surface area contributed by atoms with Crippen LogP contribution in [0.3, 0.4) is 0 Å². The monoisotopic (exact) mass is 314 g/mol. The van der Waals surface area contributed by atoms with E-state index in [9.17, 15) is 19.5 Å². The van der Waals surface area contributed by atoms with Gasteiger partial charge < -0.3 is 15.0 Å². The third-order valence-corrected chi connectivity index (χ3v) is 4.67. The molecule has 1 fully saturated rings. The lowest BCUT2D eigenvalue weighted by atomic mass is 9.90. The number of rotatable bonds is 2. The Kier molecular flexibility index (Phi) is 3.47. The Morgan fingerprint density at radius 3 is 2.65 bits per heavy atom. The van der Waals surface area contributed by atoms with E-state index < -0.39 is 22.9 Å². The standard InChI is InChI=1S/C17H18N2O4/c1-10-11-5-3-4-6-12(11)18-14(20)13(10)15(21)19-8-7-17(2,9-19)16(22)23/h3-6H,7-9H2,1-2H3,(H,18,20)(H,22,23). The maximum absolute atomic E-state index is 12.8. The topological polar surface area (TPSA) is 90.5 Å². The van der Waals surface area contributed by atoms with E-state index >= 15 is 0 Å². The van der Waals surface area contributed by atoms with Crippen molar-refractivity contribution in [3.63, 3.8) is 0 Å². The van der Waals surface area contributed by atoms with Crippen molar-refractivity contribution in [2.24, 2.45) is 5.41 Å². The van der Waals surface area contributed by atoms with Gasteiger partial charge in [0.2, 0.25) is 0 Å². The zero-order valence-corrected chi connectivity index (χ0v) is 13.0. The first-order valence-corrected chi connectivity index (χ1v) is 7.48. The van der Waals surface area contributed by atoms with Crippen molar-refractivity contribution in [2.75, 3.05) is 13.1 Å². The molecule has 1 saturated heterocycles. The van der Waals surface area contributed by atoms with Crippen molar-refractivity contribution in [3.8, 4) is 0 Å². The summed E-state index contributed by atoms with van der Waals surface area (Å²) >= 11 is 0. The Hall–Kier alpha value is -2.63. The SMILES string of the molecule is Cc1c(C(=O)N2CCC(C)(C(=O)O)C2)c(=O)[nH]c2ccccc12. The van der Waals surface area contributed by atoms with Crippen molar-refractivity contribution < 1.29 is 14.7 Å². The van der Waals surface area contributed by atoms with E-state index in [1.54, 1.807) is 19.9 Å². The van der Waals surface area contributed by atoms with E-state index in [0.717, 1.165) is 5.39 Å². The Labute approximate surface area is 132 Å². The molecule has 1 unspecified atom stereocenters. The highest BCUT2D eigenvalue weighted by atomic mass is 16.4. The minimum absolute atomic E-state index is 0.0957. The predicted molar refractivity (Wildman–Crippen MR) is 85.6 cm³/mol. The van der Waals surface area contributed by atoms with Gasteiger partial charge in [0.25, 0.3) is 11.5 Å². The number of aromatic nitrogens is 1. The molecule has 1 atom stereocenters. The van der Waals surface area contributed by atoms with Crippen molar-refractivity contribution in [2.45, 2.75) is 20.3 Å². The minimum Gasteiger partial charge on any atom is -0.481 e. The summed E-state index contributed by atoms with van der Waals surface area (Å²) in [5.41, 5.74) is 0.0165. The number of hydrogen-bond donors (Lipinski definition) is 2.